The Labute approximate surface area is 164 Å². The lowest BCUT2D eigenvalue weighted by Crippen LogP contribution is -2.29. The molecule has 2 rings (SSSR count). The third-order valence-electron chi connectivity index (χ3n) is 3.90. The first-order valence-corrected chi connectivity index (χ1v) is 9.03. The summed E-state index contributed by atoms with van der Waals surface area (Å²) in [5.74, 6) is 2.11. The Kier molecular flexibility index (Phi) is 8.07. The molecule has 2 N–H and O–H groups in total. The first-order valence-electron chi connectivity index (χ1n) is 8.65. The molecule has 27 heavy (non-hydrogen) atoms. The first kappa shape index (κ1) is 20.7. The molecule has 2 aromatic rings. The third kappa shape index (κ3) is 6.57. The van der Waals surface area contributed by atoms with Crippen LogP contribution in [0, 0.1) is 6.92 Å². The van der Waals surface area contributed by atoms with Crippen LogP contribution in [0.25, 0.3) is 0 Å². The van der Waals surface area contributed by atoms with E-state index in [-0.39, 0.29) is 5.91 Å². The highest BCUT2D eigenvalue weighted by molar-refractivity contribution is 6.31. The smallest absolute Gasteiger partial charge is 0.221 e. The SMILES string of the molecule is COc1ccc(OCCNC(=O)CCNc2cc(C)c(Cl)cc2OC)cc1. The minimum atomic E-state index is -0.0505. The van der Waals surface area contributed by atoms with E-state index in [2.05, 4.69) is 10.6 Å². The second-order valence-corrected chi connectivity index (χ2v) is 6.26. The van der Waals surface area contributed by atoms with Gasteiger partial charge in [0.2, 0.25) is 5.91 Å². The molecule has 7 heteroatoms. The molecule has 0 radical (unpaired) electrons. The maximum absolute atomic E-state index is 11.9. The molecule has 0 aliphatic carbocycles. The Morgan fingerprint density at radius 3 is 2.41 bits per heavy atom. The molecule has 0 saturated carbocycles. The van der Waals surface area contributed by atoms with E-state index in [0.29, 0.717) is 36.9 Å². The number of anilines is 1. The Morgan fingerprint density at radius 2 is 1.74 bits per heavy atom. The number of hydrogen-bond acceptors (Lipinski definition) is 5. The molecule has 0 heterocycles. The van der Waals surface area contributed by atoms with Crippen LogP contribution in [-0.4, -0.2) is 39.8 Å². The highest BCUT2D eigenvalue weighted by Crippen LogP contribution is 2.30. The van der Waals surface area contributed by atoms with Crippen molar-refractivity contribution < 1.29 is 19.0 Å². The predicted molar refractivity (Wildman–Crippen MR) is 107 cm³/mol. The van der Waals surface area contributed by atoms with E-state index in [1.54, 1.807) is 20.3 Å². The molecule has 0 aliphatic heterocycles. The number of hydrogen-bond donors (Lipinski definition) is 2. The first-order chi connectivity index (χ1) is 13.0. The fraction of sp³-hybridized carbons (Fsp3) is 0.350. The number of ether oxygens (including phenoxy) is 3. The van der Waals surface area contributed by atoms with Crippen LogP contribution >= 0.6 is 11.6 Å². The van der Waals surface area contributed by atoms with Gasteiger partial charge in [-0.05, 0) is 42.8 Å². The van der Waals surface area contributed by atoms with Crippen molar-refractivity contribution in [3.8, 4) is 17.2 Å². The van der Waals surface area contributed by atoms with Crippen molar-refractivity contribution in [1.29, 1.82) is 0 Å². The minimum Gasteiger partial charge on any atom is -0.497 e. The molecule has 0 unspecified atom stereocenters. The molecule has 0 aliphatic rings. The molecule has 0 saturated heterocycles. The summed E-state index contributed by atoms with van der Waals surface area (Å²) < 4.78 is 16.0. The molecule has 2 aromatic carbocycles. The zero-order valence-corrected chi connectivity index (χ0v) is 16.6. The number of benzene rings is 2. The van der Waals surface area contributed by atoms with Gasteiger partial charge in [0.25, 0.3) is 0 Å². The maximum atomic E-state index is 11.9. The molecule has 0 fully saturated rings. The van der Waals surface area contributed by atoms with E-state index in [0.717, 1.165) is 22.7 Å². The lowest BCUT2D eigenvalue weighted by atomic mass is 10.2. The summed E-state index contributed by atoms with van der Waals surface area (Å²) in [7, 11) is 3.20. The Hall–Kier alpha value is -2.60. The molecular weight excluding hydrogens is 368 g/mol. The van der Waals surface area contributed by atoms with Crippen molar-refractivity contribution in [2.45, 2.75) is 13.3 Å². The second kappa shape index (κ2) is 10.5. The van der Waals surface area contributed by atoms with Gasteiger partial charge in [-0.2, -0.15) is 0 Å². The third-order valence-corrected chi connectivity index (χ3v) is 4.31. The number of amides is 1. The normalized spacial score (nSPS) is 10.2. The summed E-state index contributed by atoms with van der Waals surface area (Å²) in [6, 6.07) is 11.0. The van der Waals surface area contributed by atoms with Crippen LogP contribution in [0.5, 0.6) is 17.2 Å². The number of carbonyl (C=O) groups excluding carboxylic acids is 1. The van der Waals surface area contributed by atoms with Crippen LogP contribution in [0.15, 0.2) is 36.4 Å². The van der Waals surface area contributed by atoms with Crippen molar-refractivity contribution in [2.24, 2.45) is 0 Å². The van der Waals surface area contributed by atoms with Gasteiger partial charge in [-0.1, -0.05) is 11.6 Å². The molecule has 0 bridgehead atoms. The molecular formula is C20H25ClN2O4. The largest absolute Gasteiger partial charge is 0.497 e. The average Bonchev–Trinajstić information content (AvgIpc) is 2.68. The molecule has 0 spiro atoms. The topological polar surface area (TPSA) is 68.8 Å². The van der Waals surface area contributed by atoms with Crippen molar-refractivity contribution in [1.82, 2.24) is 5.32 Å². The second-order valence-electron chi connectivity index (χ2n) is 5.85. The standard InChI is InChI=1S/C20H25ClN2O4/c1-14-12-18(19(26-3)13-17(14)21)22-9-8-20(24)23-10-11-27-16-6-4-15(25-2)5-7-16/h4-7,12-13,22H,8-11H2,1-3H3,(H,23,24). The van der Waals surface area contributed by atoms with E-state index >= 15 is 0 Å². The number of nitrogens with one attached hydrogen (secondary N) is 2. The number of rotatable bonds is 10. The minimum absolute atomic E-state index is 0.0505. The van der Waals surface area contributed by atoms with Gasteiger partial charge in [0, 0.05) is 24.1 Å². The van der Waals surface area contributed by atoms with Gasteiger partial charge in [0.05, 0.1) is 26.5 Å². The van der Waals surface area contributed by atoms with Crippen LogP contribution in [0.1, 0.15) is 12.0 Å². The fourth-order valence-corrected chi connectivity index (χ4v) is 2.55. The van der Waals surface area contributed by atoms with Gasteiger partial charge in [0.1, 0.15) is 23.9 Å². The Bertz CT molecular complexity index is 750. The van der Waals surface area contributed by atoms with E-state index < -0.39 is 0 Å². The summed E-state index contributed by atoms with van der Waals surface area (Å²) >= 11 is 6.09. The lowest BCUT2D eigenvalue weighted by molar-refractivity contribution is -0.120. The highest BCUT2D eigenvalue weighted by atomic mass is 35.5. The van der Waals surface area contributed by atoms with Gasteiger partial charge in [-0.25, -0.2) is 0 Å². The molecule has 0 atom stereocenters. The van der Waals surface area contributed by atoms with Crippen molar-refractivity contribution in [3.63, 3.8) is 0 Å². The van der Waals surface area contributed by atoms with Crippen molar-refractivity contribution in [2.75, 3.05) is 39.2 Å². The fourth-order valence-electron chi connectivity index (χ4n) is 2.40. The number of methoxy groups -OCH3 is 2. The molecule has 0 aromatic heterocycles. The van der Waals surface area contributed by atoms with Crippen LogP contribution < -0.4 is 24.8 Å². The number of aryl methyl sites for hydroxylation is 1. The zero-order chi connectivity index (χ0) is 19.6. The van der Waals surface area contributed by atoms with Crippen LogP contribution in [0.4, 0.5) is 5.69 Å². The Morgan fingerprint density at radius 1 is 1.04 bits per heavy atom. The maximum Gasteiger partial charge on any atom is 0.221 e. The number of halogens is 1. The van der Waals surface area contributed by atoms with Crippen LogP contribution in [0.3, 0.4) is 0 Å². The van der Waals surface area contributed by atoms with Crippen molar-refractivity contribution >= 4 is 23.2 Å². The summed E-state index contributed by atoms with van der Waals surface area (Å²) in [6.07, 6.45) is 0.341. The van der Waals surface area contributed by atoms with Gasteiger partial charge in [0.15, 0.2) is 0 Å². The van der Waals surface area contributed by atoms with Gasteiger partial charge in [-0.15, -0.1) is 0 Å². The molecule has 1 amide bonds. The average molecular weight is 393 g/mol. The van der Waals surface area contributed by atoms with E-state index in [1.807, 2.05) is 37.3 Å². The van der Waals surface area contributed by atoms with Gasteiger partial charge < -0.3 is 24.8 Å². The van der Waals surface area contributed by atoms with Crippen LogP contribution in [-0.2, 0) is 4.79 Å². The van der Waals surface area contributed by atoms with E-state index in [9.17, 15) is 4.79 Å². The lowest BCUT2D eigenvalue weighted by Gasteiger charge is -2.13. The highest BCUT2D eigenvalue weighted by Gasteiger charge is 2.07. The molecule has 146 valence electrons. The predicted octanol–water partition coefficient (Wildman–Crippen LogP) is 3.66. The molecule has 6 nitrogen and oxygen atoms in total. The van der Waals surface area contributed by atoms with Gasteiger partial charge in [-0.3, -0.25) is 4.79 Å². The summed E-state index contributed by atoms with van der Waals surface area (Å²) in [6.45, 7) is 3.25. The quantitative estimate of drug-likeness (QED) is 0.604. The van der Waals surface area contributed by atoms with Gasteiger partial charge >= 0.3 is 0 Å². The summed E-state index contributed by atoms with van der Waals surface area (Å²) in [5.41, 5.74) is 1.76. The van der Waals surface area contributed by atoms with Crippen LogP contribution in [0.2, 0.25) is 5.02 Å². The zero-order valence-electron chi connectivity index (χ0n) is 15.8. The summed E-state index contributed by atoms with van der Waals surface area (Å²) in [4.78, 5) is 11.9. The van der Waals surface area contributed by atoms with E-state index in [1.165, 1.54) is 0 Å². The monoisotopic (exact) mass is 392 g/mol. The number of carbonyl (C=O) groups is 1. The van der Waals surface area contributed by atoms with Crippen molar-refractivity contribution in [3.05, 3.63) is 47.0 Å². The Balaban J connectivity index is 1.67. The summed E-state index contributed by atoms with van der Waals surface area (Å²) in [5, 5.41) is 6.68. The van der Waals surface area contributed by atoms with E-state index in [4.69, 9.17) is 25.8 Å².